The number of hydrogen-bond acceptors (Lipinski definition) is 2. The molecule has 0 amide bonds. The van der Waals surface area contributed by atoms with Crippen LogP contribution in [0.25, 0.3) is 0 Å². The smallest absolute Gasteiger partial charge is 0.329 e. The molecule has 0 heterocycles. The van der Waals surface area contributed by atoms with E-state index in [2.05, 4.69) is 5.32 Å². The van der Waals surface area contributed by atoms with Gasteiger partial charge in [-0.15, -0.1) is 0 Å². The van der Waals surface area contributed by atoms with Gasteiger partial charge < -0.3 is 10.4 Å². The van der Waals surface area contributed by atoms with Gasteiger partial charge in [0.25, 0.3) is 0 Å². The fraction of sp³-hybridized carbons (Fsp3) is 0.667. The molecule has 0 aromatic carbocycles. The van der Waals surface area contributed by atoms with Gasteiger partial charge in [-0.05, 0) is 12.8 Å². The zero-order valence-corrected chi connectivity index (χ0v) is 7.12. The molecule has 0 aromatic rings. The van der Waals surface area contributed by atoms with Gasteiger partial charge in [-0.2, -0.15) is 0 Å². The molecule has 1 saturated carbocycles. The van der Waals surface area contributed by atoms with Crippen molar-refractivity contribution < 1.29 is 9.90 Å². The predicted octanol–water partition coefficient (Wildman–Crippen LogP) is 1.51. The molecule has 68 valence electrons. The summed E-state index contributed by atoms with van der Waals surface area (Å²) >= 11 is 0. The number of carboxylic acid groups (broad SMARTS) is 1. The van der Waals surface area contributed by atoms with E-state index in [0.717, 1.165) is 6.08 Å². The van der Waals surface area contributed by atoms with Gasteiger partial charge in [0.05, 0.1) is 0 Å². The summed E-state index contributed by atoms with van der Waals surface area (Å²) in [5.74, 6) is -0.890. The number of carboxylic acids is 1. The van der Waals surface area contributed by atoms with Gasteiger partial charge in [-0.3, -0.25) is 0 Å². The lowest BCUT2D eigenvalue weighted by Gasteiger charge is -2.21. The lowest BCUT2D eigenvalue weighted by molar-refractivity contribution is -0.131. The Morgan fingerprint density at radius 3 is 2.58 bits per heavy atom. The molecule has 1 fully saturated rings. The summed E-state index contributed by atoms with van der Waals surface area (Å²) < 4.78 is 0. The monoisotopic (exact) mass is 169 g/mol. The first kappa shape index (κ1) is 9.10. The van der Waals surface area contributed by atoms with E-state index < -0.39 is 5.97 Å². The van der Waals surface area contributed by atoms with Crippen molar-refractivity contribution >= 4 is 5.97 Å². The largest absolute Gasteiger partial charge is 0.478 e. The molecule has 0 bridgehead atoms. The van der Waals surface area contributed by atoms with Crippen molar-refractivity contribution in [2.75, 3.05) is 0 Å². The van der Waals surface area contributed by atoms with Gasteiger partial charge >= 0.3 is 5.97 Å². The minimum absolute atomic E-state index is 0.495. The summed E-state index contributed by atoms with van der Waals surface area (Å²) in [5.41, 5.74) is 0. The van der Waals surface area contributed by atoms with E-state index in [-0.39, 0.29) is 0 Å². The maximum absolute atomic E-state index is 10.1. The zero-order chi connectivity index (χ0) is 8.81. The summed E-state index contributed by atoms with van der Waals surface area (Å²) in [7, 11) is 0. The van der Waals surface area contributed by atoms with Crippen LogP contribution >= 0.6 is 0 Å². The van der Waals surface area contributed by atoms with Crippen molar-refractivity contribution in [3.63, 3.8) is 0 Å². The maximum Gasteiger partial charge on any atom is 0.329 e. The lowest BCUT2D eigenvalue weighted by Crippen LogP contribution is -2.26. The first-order valence-electron chi connectivity index (χ1n) is 4.44. The van der Waals surface area contributed by atoms with Gasteiger partial charge in [-0.1, -0.05) is 19.3 Å². The lowest BCUT2D eigenvalue weighted by atomic mass is 9.96. The number of carbonyl (C=O) groups is 1. The van der Waals surface area contributed by atoms with Crippen molar-refractivity contribution in [1.29, 1.82) is 0 Å². The minimum Gasteiger partial charge on any atom is -0.478 e. The molecule has 0 spiro atoms. The third kappa shape index (κ3) is 3.42. The Kier molecular flexibility index (Phi) is 3.64. The fourth-order valence-electron chi connectivity index (χ4n) is 1.52. The Morgan fingerprint density at radius 2 is 2.00 bits per heavy atom. The van der Waals surface area contributed by atoms with E-state index in [1.807, 2.05) is 0 Å². The van der Waals surface area contributed by atoms with Crippen LogP contribution in [0.5, 0.6) is 0 Å². The first-order chi connectivity index (χ1) is 5.79. The van der Waals surface area contributed by atoms with Crippen molar-refractivity contribution in [3.05, 3.63) is 12.3 Å². The van der Waals surface area contributed by atoms with Crippen LogP contribution in [-0.4, -0.2) is 17.1 Å². The minimum atomic E-state index is -0.890. The van der Waals surface area contributed by atoms with Crippen molar-refractivity contribution in [1.82, 2.24) is 5.32 Å². The molecule has 1 rings (SSSR count). The Labute approximate surface area is 72.5 Å². The van der Waals surface area contributed by atoms with Crippen molar-refractivity contribution in [2.24, 2.45) is 0 Å². The second-order valence-electron chi connectivity index (χ2n) is 3.17. The molecule has 12 heavy (non-hydrogen) atoms. The van der Waals surface area contributed by atoms with Crippen LogP contribution in [0, 0.1) is 0 Å². The standard InChI is InChI=1S/C9H15NO2/c11-9(12)6-7-10-8-4-2-1-3-5-8/h6-8,10H,1-5H2,(H,11,12)/b7-6-. The van der Waals surface area contributed by atoms with Crippen molar-refractivity contribution in [3.8, 4) is 0 Å². The second-order valence-corrected chi connectivity index (χ2v) is 3.17. The fourth-order valence-corrected chi connectivity index (χ4v) is 1.52. The third-order valence-corrected chi connectivity index (χ3v) is 2.16. The van der Waals surface area contributed by atoms with E-state index in [4.69, 9.17) is 5.11 Å². The highest BCUT2D eigenvalue weighted by Crippen LogP contribution is 2.16. The van der Waals surface area contributed by atoms with Crippen LogP contribution in [0.2, 0.25) is 0 Å². The summed E-state index contributed by atoms with van der Waals surface area (Å²) in [6.45, 7) is 0. The highest BCUT2D eigenvalue weighted by molar-refractivity contribution is 5.79. The zero-order valence-electron chi connectivity index (χ0n) is 7.12. The molecule has 0 atom stereocenters. The number of nitrogens with one attached hydrogen (secondary N) is 1. The third-order valence-electron chi connectivity index (χ3n) is 2.16. The molecule has 2 N–H and O–H groups in total. The molecular formula is C9H15NO2. The normalized spacial score (nSPS) is 19.7. The van der Waals surface area contributed by atoms with Crippen LogP contribution in [0.3, 0.4) is 0 Å². The van der Waals surface area contributed by atoms with E-state index in [1.54, 1.807) is 6.20 Å². The van der Waals surface area contributed by atoms with E-state index in [1.165, 1.54) is 32.1 Å². The second kappa shape index (κ2) is 4.80. The molecule has 3 nitrogen and oxygen atoms in total. The maximum atomic E-state index is 10.1. The molecule has 1 aliphatic carbocycles. The molecule has 0 saturated heterocycles. The molecule has 3 heteroatoms. The highest BCUT2D eigenvalue weighted by Gasteiger charge is 2.10. The average Bonchev–Trinajstić information content (AvgIpc) is 2.05. The number of hydrogen-bond donors (Lipinski definition) is 2. The molecule has 0 unspecified atom stereocenters. The predicted molar refractivity (Wildman–Crippen MR) is 46.8 cm³/mol. The van der Waals surface area contributed by atoms with E-state index in [0.29, 0.717) is 6.04 Å². The topological polar surface area (TPSA) is 49.3 Å². The van der Waals surface area contributed by atoms with Gasteiger partial charge in [0.1, 0.15) is 0 Å². The Bertz CT molecular complexity index is 171. The Hall–Kier alpha value is -0.990. The quantitative estimate of drug-likeness (QED) is 0.629. The SMILES string of the molecule is O=C(O)/C=C\NC1CCCCC1. The van der Waals surface area contributed by atoms with Gasteiger partial charge in [0.15, 0.2) is 0 Å². The van der Waals surface area contributed by atoms with Crippen LogP contribution < -0.4 is 5.32 Å². The van der Waals surface area contributed by atoms with Gasteiger partial charge in [0, 0.05) is 18.3 Å². The molecule has 0 radical (unpaired) electrons. The molecular weight excluding hydrogens is 154 g/mol. The van der Waals surface area contributed by atoms with E-state index >= 15 is 0 Å². The number of aliphatic carboxylic acids is 1. The summed E-state index contributed by atoms with van der Waals surface area (Å²) in [6, 6.07) is 0.495. The van der Waals surface area contributed by atoms with Crippen molar-refractivity contribution in [2.45, 2.75) is 38.1 Å². The van der Waals surface area contributed by atoms with Crippen LogP contribution in [-0.2, 0) is 4.79 Å². The summed E-state index contributed by atoms with van der Waals surface area (Å²) in [4.78, 5) is 10.1. The first-order valence-corrected chi connectivity index (χ1v) is 4.44. The summed E-state index contributed by atoms with van der Waals surface area (Å²) in [6.07, 6.45) is 8.87. The average molecular weight is 169 g/mol. The van der Waals surface area contributed by atoms with E-state index in [9.17, 15) is 4.79 Å². The van der Waals surface area contributed by atoms with Crippen LogP contribution in [0.4, 0.5) is 0 Å². The van der Waals surface area contributed by atoms with Crippen LogP contribution in [0.15, 0.2) is 12.3 Å². The molecule has 0 aliphatic heterocycles. The Balaban J connectivity index is 2.17. The highest BCUT2D eigenvalue weighted by atomic mass is 16.4. The van der Waals surface area contributed by atoms with Crippen LogP contribution in [0.1, 0.15) is 32.1 Å². The molecule has 0 aromatic heterocycles. The van der Waals surface area contributed by atoms with Gasteiger partial charge in [0.2, 0.25) is 0 Å². The Morgan fingerprint density at radius 1 is 1.33 bits per heavy atom. The van der Waals surface area contributed by atoms with Gasteiger partial charge in [-0.25, -0.2) is 4.79 Å². The summed E-state index contributed by atoms with van der Waals surface area (Å²) in [5, 5.41) is 11.4. The number of rotatable bonds is 3. The molecule has 1 aliphatic rings.